The van der Waals surface area contributed by atoms with Crippen molar-refractivity contribution in [2.45, 2.75) is 38.9 Å². The highest BCUT2D eigenvalue weighted by Gasteiger charge is 2.32. The molecule has 1 aromatic heterocycles. The van der Waals surface area contributed by atoms with Crippen molar-refractivity contribution in [2.24, 2.45) is 0 Å². The molecule has 1 fully saturated rings. The average Bonchev–Trinajstić information content (AvgIpc) is 3.00. The summed E-state index contributed by atoms with van der Waals surface area (Å²) in [5.41, 5.74) is 1.51. The fraction of sp³-hybridized carbons (Fsp3) is 0.474. The third-order valence-electron chi connectivity index (χ3n) is 4.78. The topological polar surface area (TPSA) is 72.3 Å². The number of benzene rings is 1. The molecule has 1 unspecified atom stereocenters. The van der Waals surface area contributed by atoms with Gasteiger partial charge in [0, 0.05) is 24.2 Å². The van der Waals surface area contributed by atoms with Crippen molar-refractivity contribution in [1.29, 1.82) is 0 Å². The van der Waals surface area contributed by atoms with Crippen molar-refractivity contribution in [3.63, 3.8) is 0 Å². The fourth-order valence-electron chi connectivity index (χ4n) is 3.28. The molecule has 26 heavy (non-hydrogen) atoms. The Labute approximate surface area is 154 Å². The molecule has 1 atom stereocenters. The third-order valence-corrected chi connectivity index (χ3v) is 6.53. The summed E-state index contributed by atoms with van der Waals surface area (Å²) < 4.78 is 25.2. The Morgan fingerprint density at radius 3 is 2.62 bits per heavy atom. The maximum atomic E-state index is 12.3. The lowest BCUT2D eigenvalue weighted by Crippen LogP contribution is -2.41. The first kappa shape index (κ1) is 18.8. The van der Waals surface area contributed by atoms with Gasteiger partial charge in [0.15, 0.2) is 9.84 Å². The van der Waals surface area contributed by atoms with Crippen LogP contribution in [0, 0.1) is 0 Å². The summed E-state index contributed by atoms with van der Waals surface area (Å²) in [6.07, 6.45) is 2.60. The zero-order valence-corrected chi connectivity index (χ0v) is 15.9. The number of rotatable bonds is 7. The van der Waals surface area contributed by atoms with Crippen LogP contribution in [0.3, 0.4) is 0 Å². The molecule has 1 saturated heterocycles. The standard InChI is InChI=1S/C19H25N3O3S/c1-2-3-12-21(17-11-13-26(24,25)14-17)15-22-19(23)10-9-18(20-22)16-7-5-4-6-8-16/h4-10,17H,2-3,11-15H2,1H3. The van der Waals surface area contributed by atoms with Crippen molar-refractivity contribution < 1.29 is 8.42 Å². The van der Waals surface area contributed by atoms with Crippen LogP contribution in [0.4, 0.5) is 0 Å². The molecule has 0 bridgehead atoms. The first-order valence-electron chi connectivity index (χ1n) is 9.06. The zero-order chi connectivity index (χ0) is 18.6. The largest absolute Gasteiger partial charge is 0.280 e. The highest BCUT2D eigenvalue weighted by Crippen LogP contribution is 2.19. The van der Waals surface area contributed by atoms with Gasteiger partial charge in [-0.3, -0.25) is 9.69 Å². The summed E-state index contributed by atoms with van der Waals surface area (Å²) >= 11 is 0. The first-order valence-corrected chi connectivity index (χ1v) is 10.9. The molecule has 1 aliphatic rings. The molecule has 140 valence electrons. The molecule has 0 radical (unpaired) electrons. The molecule has 7 heteroatoms. The van der Waals surface area contributed by atoms with Crippen molar-refractivity contribution >= 4 is 9.84 Å². The van der Waals surface area contributed by atoms with Gasteiger partial charge in [-0.15, -0.1) is 0 Å². The molecule has 1 aliphatic heterocycles. The van der Waals surface area contributed by atoms with Crippen LogP contribution in [0.25, 0.3) is 11.3 Å². The molecule has 3 rings (SSSR count). The van der Waals surface area contributed by atoms with Gasteiger partial charge in [-0.25, -0.2) is 13.1 Å². The number of unbranched alkanes of at least 4 members (excludes halogenated alkanes) is 1. The highest BCUT2D eigenvalue weighted by atomic mass is 32.2. The van der Waals surface area contributed by atoms with Gasteiger partial charge in [-0.2, -0.15) is 5.10 Å². The van der Waals surface area contributed by atoms with Crippen molar-refractivity contribution in [2.75, 3.05) is 18.1 Å². The normalized spacial score (nSPS) is 19.1. The number of hydrogen-bond acceptors (Lipinski definition) is 5. The minimum Gasteiger partial charge on any atom is -0.280 e. The van der Waals surface area contributed by atoms with Crippen molar-refractivity contribution in [1.82, 2.24) is 14.7 Å². The average molecular weight is 375 g/mol. The summed E-state index contributed by atoms with van der Waals surface area (Å²) in [4.78, 5) is 14.4. The summed E-state index contributed by atoms with van der Waals surface area (Å²) in [5.74, 6) is 0.399. The number of nitrogens with zero attached hydrogens (tertiary/aromatic N) is 3. The van der Waals surface area contributed by atoms with E-state index in [2.05, 4.69) is 16.9 Å². The van der Waals surface area contributed by atoms with E-state index < -0.39 is 9.84 Å². The second-order valence-corrected chi connectivity index (χ2v) is 9.02. The van der Waals surface area contributed by atoms with Gasteiger partial charge in [0.2, 0.25) is 0 Å². The first-order chi connectivity index (χ1) is 12.5. The summed E-state index contributed by atoms with van der Waals surface area (Å²) in [6.45, 7) is 3.18. The molecule has 2 aromatic rings. The molecule has 6 nitrogen and oxygen atoms in total. The van der Waals surface area contributed by atoms with Crippen LogP contribution in [0.1, 0.15) is 26.2 Å². The second kappa shape index (κ2) is 8.14. The quantitative estimate of drug-likeness (QED) is 0.741. The maximum Gasteiger partial charge on any atom is 0.268 e. The monoisotopic (exact) mass is 375 g/mol. The Morgan fingerprint density at radius 1 is 1.19 bits per heavy atom. The third kappa shape index (κ3) is 4.59. The van der Waals surface area contributed by atoms with Gasteiger partial charge in [-0.1, -0.05) is 43.7 Å². The van der Waals surface area contributed by atoms with Crippen molar-refractivity contribution in [3.8, 4) is 11.3 Å². The minimum absolute atomic E-state index is 0.0411. The van der Waals surface area contributed by atoms with Gasteiger partial charge in [0.1, 0.15) is 0 Å². The summed E-state index contributed by atoms with van der Waals surface area (Å²) in [6, 6.07) is 12.9. The predicted molar refractivity (Wildman–Crippen MR) is 103 cm³/mol. The van der Waals surface area contributed by atoms with E-state index in [4.69, 9.17) is 0 Å². The summed E-state index contributed by atoms with van der Waals surface area (Å²) in [5, 5.41) is 4.51. The molecule has 0 spiro atoms. The Bertz CT molecular complexity index is 894. The second-order valence-electron chi connectivity index (χ2n) is 6.79. The maximum absolute atomic E-state index is 12.3. The zero-order valence-electron chi connectivity index (χ0n) is 15.0. The van der Waals surface area contributed by atoms with Crippen LogP contribution in [0.2, 0.25) is 0 Å². The van der Waals surface area contributed by atoms with Crippen LogP contribution in [0.5, 0.6) is 0 Å². The van der Waals surface area contributed by atoms with Crippen LogP contribution < -0.4 is 5.56 Å². The number of sulfone groups is 1. The van der Waals surface area contributed by atoms with E-state index in [9.17, 15) is 13.2 Å². The lowest BCUT2D eigenvalue weighted by molar-refractivity contribution is 0.150. The lowest BCUT2D eigenvalue weighted by atomic mass is 10.1. The van der Waals surface area contributed by atoms with Crippen molar-refractivity contribution in [3.05, 3.63) is 52.8 Å². The highest BCUT2D eigenvalue weighted by molar-refractivity contribution is 7.91. The Hall–Kier alpha value is -1.99. The van der Waals surface area contributed by atoms with Crippen LogP contribution in [0.15, 0.2) is 47.3 Å². The predicted octanol–water partition coefficient (Wildman–Crippen LogP) is 2.16. The van der Waals surface area contributed by atoms with E-state index in [1.54, 1.807) is 6.07 Å². The molecule has 0 saturated carbocycles. The van der Waals surface area contributed by atoms with E-state index >= 15 is 0 Å². The van der Waals surface area contributed by atoms with E-state index in [-0.39, 0.29) is 23.1 Å². The molecule has 1 aromatic carbocycles. The molecular formula is C19H25N3O3S. The van der Waals surface area contributed by atoms with Crippen LogP contribution in [-0.4, -0.2) is 47.2 Å². The molecule has 0 aliphatic carbocycles. The van der Waals surface area contributed by atoms with Gasteiger partial charge < -0.3 is 0 Å². The molecule has 2 heterocycles. The summed E-state index contributed by atoms with van der Waals surface area (Å²) in [7, 11) is -2.97. The van der Waals surface area contributed by atoms with Gasteiger partial charge in [-0.05, 0) is 18.9 Å². The molecule has 0 amide bonds. The Kier molecular flexibility index (Phi) is 5.88. The number of hydrogen-bond donors (Lipinski definition) is 0. The minimum atomic E-state index is -2.97. The Morgan fingerprint density at radius 2 is 1.96 bits per heavy atom. The van der Waals surface area contributed by atoms with E-state index in [1.165, 1.54) is 10.7 Å². The van der Waals surface area contributed by atoms with Gasteiger partial charge >= 0.3 is 0 Å². The number of aromatic nitrogens is 2. The lowest BCUT2D eigenvalue weighted by Gasteiger charge is -2.28. The van der Waals surface area contributed by atoms with E-state index in [1.807, 2.05) is 30.3 Å². The Balaban J connectivity index is 1.85. The van der Waals surface area contributed by atoms with Gasteiger partial charge in [0.05, 0.1) is 23.9 Å². The SMILES string of the molecule is CCCCN(Cn1nc(-c2ccccc2)ccc1=O)C1CCS(=O)(=O)C1. The smallest absolute Gasteiger partial charge is 0.268 e. The van der Waals surface area contributed by atoms with Crippen LogP contribution in [-0.2, 0) is 16.5 Å². The van der Waals surface area contributed by atoms with E-state index in [0.29, 0.717) is 13.1 Å². The molecule has 0 N–H and O–H groups in total. The molecular weight excluding hydrogens is 350 g/mol. The van der Waals surface area contributed by atoms with Gasteiger partial charge in [0.25, 0.3) is 5.56 Å². The fourth-order valence-corrected chi connectivity index (χ4v) is 5.04. The van der Waals surface area contributed by atoms with E-state index in [0.717, 1.165) is 30.6 Å². The van der Waals surface area contributed by atoms with Crippen LogP contribution >= 0.6 is 0 Å².